The first-order valence-electron chi connectivity index (χ1n) is 10.5. The van der Waals surface area contributed by atoms with E-state index in [-0.39, 0.29) is 17.2 Å². The van der Waals surface area contributed by atoms with Crippen molar-refractivity contribution >= 4 is 50.9 Å². The molecule has 34 heavy (non-hydrogen) atoms. The van der Waals surface area contributed by atoms with E-state index in [9.17, 15) is 22.8 Å². The van der Waals surface area contributed by atoms with Gasteiger partial charge in [0.1, 0.15) is 0 Å². The first-order valence-corrected chi connectivity index (χ1v) is 12.8. The Morgan fingerprint density at radius 2 is 1.82 bits per heavy atom. The Kier molecular flexibility index (Phi) is 7.51. The van der Waals surface area contributed by atoms with Crippen LogP contribution in [0.3, 0.4) is 0 Å². The average Bonchev–Trinajstić information content (AvgIpc) is 2.84. The third-order valence-corrected chi connectivity index (χ3v) is 8.36. The number of hydrogen-bond donors (Lipinski definition) is 2. The molecule has 0 bridgehead atoms. The van der Waals surface area contributed by atoms with Gasteiger partial charge in [0, 0.05) is 23.7 Å². The monoisotopic (exact) mass is 505 g/mol. The van der Waals surface area contributed by atoms with Gasteiger partial charge in [0.05, 0.1) is 35.5 Å². The highest BCUT2D eigenvalue weighted by Gasteiger charge is 2.30. The van der Waals surface area contributed by atoms with Gasteiger partial charge in [-0.2, -0.15) is 4.31 Å². The molecule has 2 aromatic carbocycles. The molecule has 2 aliphatic rings. The van der Waals surface area contributed by atoms with Crippen molar-refractivity contribution in [2.24, 2.45) is 0 Å². The van der Waals surface area contributed by atoms with Gasteiger partial charge in [-0.15, -0.1) is 11.8 Å². The van der Waals surface area contributed by atoms with Crippen LogP contribution in [0.4, 0.5) is 11.4 Å². The maximum atomic E-state index is 12.6. The number of nitrogens with one attached hydrogen (secondary N) is 2. The topological polar surface area (TPSA) is 131 Å². The van der Waals surface area contributed by atoms with Crippen LogP contribution in [0.1, 0.15) is 6.42 Å². The van der Waals surface area contributed by atoms with Crippen molar-refractivity contribution in [1.82, 2.24) is 4.31 Å². The third-order valence-electron chi connectivity index (χ3n) is 5.17. The fraction of sp³-hybridized carbons (Fsp3) is 0.318. The molecule has 4 rings (SSSR count). The third kappa shape index (κ3) is 5.76. The highest BCUT2D eigenvalue weighted by atomic mass is 32.2. The minimum Gasteiger partial charge on any atom is -0.456 e. The molecule has 1 fully saturated rings. The minimum absolute atomic E-state index is 0.114. The average molecular weight is 506 g/mol. The predicted molar refractivity (Wildman–Crippen MR) is 125 cm³/mol. The fourth-order valence-electron chi connectivity index (χ4n) is 3.43. The summed E-state index contributed by atoms with van der Waals surface area (Å²) in [6, 6.07) is 13.0. The van der Waals surface area contributed by atoms with E-state index in [2.05, 4.69) is 10.6 Å². The van der Waals surface area contributed by atoms with E-state index in [1.54, 1.807) is 6.07 Å². The van der Waals surface area contributed by atoms with Crippen LogP contribution in [-0.2, 0) is 33.9 Å². The first-order chi connectivity index (χ1) is 16.3. The Labute approximate surface area is 201 Å². The summed E-state index contributed by atoms with van der Waals surface area (Å²) in [5.74, 6) is -1.55. The summed E-state index contributed by atoms with van der Waals surface area (Å²) >= 11 is 1.27. The van der Waals surface area contributed by atoms with E-state index in [1.807, 2.05) is 18.2 Å². The molecule has 10 nitrogen and oxygen atoms in total. The number of nitrogens with zero attached hydrogens (tertiary/aromatic N) is 1. The van der Waals surface area contributed by atoms with E-state index in [1.165, 1.54) is 40.3 Å². The zero-order chi connectivity index (χ0) is 24.1. The van der Waals surface area contributed by atoms with Crippen molar-refractivity contribution in [2.75, 3.05) is 43.5 Å². The Hall–Kier alpha value is -2.93. The van der Waals surface area contributed by atoms with Crippen LogP contribution in [0, 0.1) is 0 Å². The fourth-order valence-corrected chi connectivity index (χ4v) is 5.93. The van der Waals surface area contributed by atoms with Gasteiger partial charge in [0.25, 0.3) is 5.91 Å². The van der Waals surface area contributed by atoms with Gasteiger partial charge in [0.15, 0.2) is 6.61 Å². The number of morpholine rings is 1. The first kappa shape index (κ1) is 24.2. The van der Waals surface area contributed by atoms with Crippen molar-refractivity contribution in [1.29, 1.82) is 0 Å². The van der Waals surface area contributed by atoms with Crippen molar-refractivity contribution in [3.8, 4) is 0 Å². The molecular weight excluding hydrogens is 482 g/mol. The summed E-state index contributed by atoms with van der Waals surface area (Å²) in [6.45, 7) is 0.759. The molecule has 0 saturated carbocycles. The number of sulfonamides is 1. The van der Waals surface area contributed by atoms with Gasteiger partial charge in [-0.3, -0.25) is 14.4 Å². The summed E-state index contributed by atoms with van der Waals surface area (Å²) in [7, 11) is -3.63. The number of carbonyl (C=O) groups is 3. The van der Waals surface area contributed by atoms with Gasteiger partial charge >= 0.3 is 5.97 Å². The number of anilines is 2. The quantitative estimate of drug-likeness (QED) is 0.544. The number of para-hydroxylation sites is 1. The summed E-state index contributed by atoms with van der Waals surface area (Å²) in [5.41, 5.74) is 1.06. The summed E-state index contributed by atoms with van der Waals surface area (Å²) in [4.78, 5) is 37.5. The SMILES string of the molecule is O=C(COC(=O)C[C@H]1Sc2ccccc2NC1=O)Nc1ccc(S(=O)(=O)N2CCOCC2)cc1. The lowest BCUT2D eigenvalue weighted by Crippen LogP contribution is -2.40. The Morgan fingerprint density at radius 3 is 2.56 bits per heavy atom. The van der Waals surface area contributed by atoms with Gasteiger partial charge in [0.2, 0.25) is 15.9 Å². The maximum absolute atomic E-state index is 12.6. The normalized spacial score (nSPS) is 18.5. The Morgan fingerprint density at radius 1 is 1.12 bits per heavy atom. The lowest BCUT2D eigenvalue weighted by Gasteiger charge is -2.26. The molecule has 0 radical (unpaired) electrons. The van der Waals surface area contributed by atoms with E-state index in [4.69, 9.17) is 9.47 Å². The molecule has 1 atom stereocenters. The van der Waals surface area contributed by atoms with E-state index >= 15 is 0 Å². The van der Waals surface area contributed by atoms with E-state index in [0.717, 1.165) is 4.90 Å². The number of esters is 1. The zero-order valence-electron chi connectivity index (χ0n) is 18.1. The molecule has 2 amide bonds. The minimum atomic E-state index is -3.63. The largest absolute Gasteiger partial charge is 0.456 e. The van der Waals surface area contributed by atoms with E-state index in [0.29, 0.717) is 37.7 Å². The van der Waals surface area contributed by atoms with Crippen LogP contribution < -0.4 is 10.6 Å². The molecule has 0 unspecified atom stereocenters. The van der Waals surface area contributed by atoms with Crippen LogP contribution in [0.25, 0.3) is 0 Å². The Balaban J connectivity index is 1.25. The van der Waals surface area contributed by atoms with Crippen molar-refractivity contribution in [2.45, 2.75) is 21.5 Å². The molecule has 2 heterocycles. The molecule has 180 valence electrons. The Bertz CT molecular complexity index is 1180. The molecule has 12 heteroatoms. The van der Waals surface area contributed by atoms with Gasteiger partial charge in [-0.1, -0.05) is 12.1 Å². The maximum Gasteiger partial charge on any atom is 0.307 e. The predicted octanol–water partition coefficient (Wildman–Crippen LogP) is 1.69. The highest BCUT2D eigenvalue weighted by Crippen LogP contribution is 2.36. The standard InChI is InChI=1S/C22H23N3O7S2/c26-20(14-32-21(27)13-19-22(28)24-17-3-1-2-4-18(17)33-19)23-15-5-7-16(8-6-15)34(29,30)25-9-11-31-12-10-25/h1-8,19H,9-14H2,(H,23,26)(H,24,28)/t19-/m1/s1. The zero-order valence-corrected chi connectivity index (χ0v) is 19.7. The van der Waals surface area contributed by atoms with Crippen LogP contribution >= 0.6 is 11.8 Å². The summed E-state index contributed by atoms with van der Waals surface area (Å²) in [5, 5.41) is 4.65. The smallest absolute Gasteiger partial charge is 0.307 e. The van der Waals surface area contributed by atoms with Gasteiger partial charge in [-0.25, -0.2) is 8.42 Å². The molecule has 2 aliphatic heterocycles. The van der Waals surface area contributed by atoms with Crippen LogP contribution in [0.5, 0.6) is 0 Å². The summed E-state index contributed by atoms with van der Waals surface area (Å²) in [6.07, 6.45) is -0.174. The number of amides is 2. The molecule has 2 N–H and O–H groups in total. The number of fused-ring (bicyclic) bond motifs is 1. The van der Waals surface area contributed by atoms with E-state index < -0.39 is 33.8 Å². The highest BCUT2D eigenvalue weighted by molar-refractivity contribution is 8.01. The van der Waals surface area contributed by atoms with Crippen molar-refractivity contribution < 1.29 is 32.3 Å². The number of thioether (sulfide) groups is 1. The molecular formula is C22H23N3O7S2. The number of ether oxygens (including phenoxy) is 2. The van der Waals surface area contributed by atoms with Crippen LogP contribution in [-0.4, -0.2) is 68.7 Å². The second-order valence-electron chi connectivity index (χ2n) is 7.55. The summed E-state index contributed by atoms with van der Waals surface area (Å²) < 4.78 is 36.8. The lowest BCUT2D eigenvalue weighted by atomic mass is 10.2. The molecule has 0 spiro atoms. The van der Waals surface area contributed by atoms with Crippen molar-refractivity contribution in [3.05, 3.63) is 48.5 Å². The van der Waals surface area contributed by atoms with Crippen LogP contribution in [0.15, 0.2) is 58.3 Å². The molecule has 0 aromatic heterocycles. The number of benzene rings is 2. The van der Waals surface area contributed by atoms with Crippen LogP contribution in [0.2, 0.25) is 0 Å². The second kappa shape index (κ2) is 10.6. The number of hydrogen-bond acceptors (Lipinski definition) is 8. The number of carbonyl (C=O) groups excluding carboxylic acids is 3. The van der Waals surface area contributed by atoms with Gasteiger partial charge < -0.3 is 20.1 Å². The molecule has 0 aliphatic carbocycles. The van der Waals surface area contributed by atoms with Crippen molar-refractivity contribution in [3.63, 3.8) is 0 Å². The molecule has 2 aromatic rings. The lowest BCUT2D eigenvalue weighted by molar-refractivity contribution is -0.147. The number of rotatable bonds is 7. The second-order valence-corrected chi connectivity index (χ2v) is 10.7. The molecule has 1 saturated heterocycles. The van der Waals surface area contributed by atoms with Gasteiger partial charge in [-0.05, 0) is 36.4 Å².